The molecule has 1 heterocycles. The standard InChI is InChI=1S/C47H33NO/c1-47(2)43-20-8-7-18-39(43)42-28-34(23-26-44(42)47)48(33-15-9-14-32(27-33)37-19-10-13-30-11-3-5-16-36(30)37)35-22-25-40-41-24-21-31-12-4-6-17-38(31)46(41)49-45(40)29-35/h3-29H,1-2H3. The Balaban J connectivity index is 1.20. The predicted molar refractivity (Wildman–Crippen MR) is 206 cm³/mol. The molecule has 1 aliphatic rings. The van der Waals surface area contributed by atoms with Gasteiger partial charge in [-0.25, -0.2) is 0 Å². The highest BCUT2D eigenvalue weighted by Crippen LogP contribution is 2.51. The first-order valence-electron chi connectivity index (χ1n) is 17.0. The zero-order chi connectivity index (χ0) is 32.7. The minimum atomic E-state index is -0.0560. The third-order valence-corrected chi connectivity index (χ3v) is 10.6. The molecule has 0 amide bonds. The number of anilines is 3. The number of furan rings is 1. The van der Waals surface area contributed by atoms with Crippen molar-refractivity contribution in [3.63, 3.8) is 0 Å². The molecule has 49 heavy (non-hydrogen) atoms. The van der Waals surface area contributed by atoms with E-state index in [1.54, 1.807) is 0 Å². The van der Waals surface area contributed by atoms with E-state index in [2.05, 4.69) is 183 Å². The molecule has 9 aromatic rings. The zero-order valence-electron chi connectivity index (χ0n) is 27.4. The van der Waals surface area contributed by atoms with E-state index >= 15 is 0 Å². The molecule has 2 nitrogen and oxygen atoms in total. The van der Waals surface area contributed by atoms with Gasteiger partial charge in [0.2, 0.25) is 0 Å². The maximum Gasteiger partial charge on any atom is 0.143 e. The lowest BCUT2D eigenvalue weighted by Gasteiger charge is -2.27. The Labute approximate surface area is 285 Å². The van der Waals surface area contributed by atoms with Gasteiger partial charge in [-0.3, -0.25) is 0 Å². The fraction of sp³-hybridized carbons (Fsp3) is 0.0638. The van der Waals surface area contributed by atoms with Crippen molar-refractivity contribution in [2.24, 2.45) is 0 Å². The van der Waals surface area contributed by atoms with Gasteiger partial charge in [0.05, 0.1) is 0 Å². The van der Waals surface area contributed by atoms with Crippen LogP contribution in [0.15, 0.2) is 168 Å². The second-order valence-electron chi connectivity index (χ2n) is 13.8. The van der Waals surface area contributed by atoms with E-state index in [9.17, 15) is 0 Å². The molecule has 0 saturated heterocycles. The molecule has 0 spiro atoms. The fourth-order valence-electron chi connectivity index (χ4n) is 8.22. The summed E-state index contributed by atoms with van der Waals surface area (Å²) in [5.41, 5.74) is 12.8. The molecule has 232 valence electrons. The van der Waals surface area contributed by atoms with Crippen LogP contribution in [0, 0.1) is 0 Å². The summed E-state index contributed by atoms with van der Waals surface area (Å²) in [5, 5.41) is 7.07. The molecule has 1 aliphatic carbocycles. The van der Waals surface area contributed by atoms with Crippen LogP contribution in [0.2, 0.25) is 0 Å². The Kier molecular flexibility index (Phi) is 5.95. The number of nitrogens with zero attached hydrogens (tertiary/aromatic N) is 1. The third kappa shape index (κ3) is 4.20. The first-order chi connectivity index (χ1) is 24.0. The smallest absolute Gasteiger partial charge is 0.143 e. The van der Waals surface area contributed by atoms with E-state index in [4.69, 9.17) is 4.42 Å². The summed E-state index contributed by atoms with van der Waals surface area (Å²) >= 11 is 0. The van der Waals surface area contributed by atoms with Crippen molar-refractivity contribution in [1.29, 1.82) is 0 Å². The normalized spacial score (nSPS) is 13.3. The van der Waals surface area contributed by atoms with E-state index in [1.807, 2.05) is 0 Å². The van der Waals surface area contributed by atoms with Crippen molar-refractivity contribution >= 4 is 60.5 Å². The van der Waals surface area contributed by atoms with Gasteiger partial charge in [-0.05, 0) is 92.0 Å². The lowest BCUT2D eigenvalue weighted by Crippen LogP contribution is -2.15. The van der Waals surface area contributed by atoms with Gasteiger partial charge in [0.15, 0.2) is 0 Å². The first-order valence-corrected chi connectivity index (χ1v) is 17.0. The van der Waals surface area contributed by atoms with Gasteiger partial charge in [-0.15, -0.1) is 0 Å². The van der Waals surface area contributed by atoms with Crippen LogP contribution in [0.25, 0.3) is 65.7 Å². The van der Waals surface area contributed by atoms with Crippen molar-refractivity contribution in [3.05, 3.63) is 175 Å². The van der Waals surface area contributed by atoms with Gasteiger partial charge in [-0.2, -0.15) is 0 Å². The lowest BCUT2D eigenvalue weighted by atomic mass is 9.82. The average molecular weight is 628 g/mol. The Hall–Kier alpha value is -6.12. The second-order valence-corrected chi connectivity index (χ2v) is 13.8. The minimum Gasteiger partial charge on any atom is -0.455 e. The summed E-state index contributed by atoms with van der Waals surface area (Å²) in [4.78, 5) is 2.38. The summed E-state index contributed by atoms with van der Waals surface area (Å²) in [7, 11) is 0. The molecule has 0 saturated carbocycles. The molecular formula is C47H33NO. The number of hydrogen-bond donors (Lipinski definition) is 0. The van der Waals surface area contributed by atoms with E-state index in [0.29, 0.717) is 0 Å². The van der Waals surface area contributed by atoms with Crippen LogP contribution in [0.4, 0.5) is 17.1 Å². The van der Waals surface area contributed by atoms with Crippen molar-refractivity contribution in [2.45, 2.75) is 19.3 Å². The molecule has 0 atom stereocenters. The van der Waals surface area contributed by atoms with Crippen molar-refractivity contribution in [2.75, 3.05) is 4.90 Å². The molecule has 1 aromatic heterocycles. The molecule has 8 aromatic carbocycles. The van der Waals surface area contributed by atoms with Crippen LogP contribution in [0.1, 0.15) is 25.0 Å². The summed E-state index contributed by atoms with van der Waals surface area (Å²) in [6.45, 7) is 4.67. The quantitative estimate of drug-likeness (QED) is 0.193. The van der Waals surface area contributed by atoms with E-state index in [1.165, 1.54) is 49.5 Å². The largest absolute Gasteiger partial charge is 0.455 e. The van der Waals surface area contributed by atoms with Crippen molar-refractivity contribution < 1.29 is 4.42 Å². The summed E-state index contributed by atoms with van der Waals surface area (Å²) in [6, 6.07) is 59.5. The second kappa shape index (κ2) is 10.4. The SMILES string of the molecule is CC1(C)c2ccccc2-c2cc(N(c3cccc(-c4cccc5ccccc45)c3)c3ccc4c(c3)oc3c5ccccc5ccc43)ccc21. The molecule has 0 aliphatic heterocycles. The van der Waals surface area contributed by atoms with Crippen LogP contribution in [-0.2, 0) is 5.41 Å². The molecule has 0 unspecified atom stereocenters. The molecule has 10 rings (SSSR count). The number of rotatable bonds is 4. The fourth-order valence-corrected chi connectivity index (χ4v) is 8.22. The van der Waals surface area contributed by atoms with Gasteiger partial charge in [0.25, 0.3) is 0 Å². The first kappa shape index (κ1) is 27.9. The number of benzene rings is 8. The Morgan fingerprint density at radius 2 is 1.06 bits per heavy atom. The topological polar surface area (TPSA) is 16.4 Å². The molecule has 2 heteroatoms. The Morgan fingerprint density at radius 1 is 0.429 bits per heavy atom. The van der Waals surface area contributed by atoms with Crippen molar-refractivity contribution in [3.8, 4) is 22.3 Å². The molecule has 0 fully saturated rings. The predicted octanol–water partition coefficient (Wildman–Crippen LogP) is 13.3. The zero-order valence-corrected chi connectivity index (χ0v) is 27.4. The van der Waals surface area contributed by atoms with Gasteiger partial charge in [0.1, 0.15) is 11.2 Å². The van der Waals surface area contributed by atoms with E-state index in [0.717, 1.165) is 44.4 Å². The molecular weight excluding hydrogens is 595 g/mol. The van der Waals surface area contributed by atoms with Crippen LogP contribution >= 0.6 is 0 Å². The summed E-state index contributed by atoms with van der Waals surface area (Å²) < 4.78 is 6.69. The summed E-state index contributed by atoms with van der Waals surface area (Å²) in [5.74, 6) is 0. The van der Waals surface area contributed by atoms with Crippen LogP contribution in [-0.4, -0.2) is 0 Å². The third-order valence-electron chi connectivity index (χ3n) is 10.6. The Morgan fingerprint density at radius 3 is 1.96 bits per heavy atom. The van der Waals surface area contributed by atoms with Crippen LogP contribution < -0.4 is 4.90 Å². The number of fused-ring (bicyclic) bond motifs is 9. The van der Waals surface area contributed by atoms with Gasteiger partial charge in [-0.1, -0.05) is 129 Å². The highest BCUT2D eigenvalue weighted by molar-refractivity contribution is 6.15. The minimum absolute atomic E-state index is 0.0560. The molecule has 0 N–H and O–H groups in total. The van der Waals surface area contributed by atoms with Crippen LogP contribution in [0.5, 0.6) is 0 Å². The maximum atomic E-state index is 6.69. The highest BCUT2D eigenvalue weighted by atomic mass is 16.3. The summed E-state index contributed by atoms with van der Waals surface area (Å²) in [6.07, 6.45) is 0. The number of hydrogen-bond acceptors (Lipinski definition) is 2. The van der Waals surface area contributed by atoms with E-state index in [-0.39, 0.29) is 5.41 Å². The molecule has 0 radical (unpaired) electrons. The average Bonchev–Trinajstić information content (AvgIpc) is 3.63. The van der Waals surface area contributed by atoms with Gasteiger partial charge in [0, 0.05) is 44.7 Å². The maximum absolute atomic E-state index is 6.69. The monoisotopic (exact) mass is 627 g/mol. The van der Waals surface area contributed by atoms with Crippen LogP contribution in [0.3, 0.4) is 0 Å². The Bertz CT molecular complexity index is 2760. The van der Waals surface area contributed by atoms with Gasteiger partial charge >= 0.3 is 0 Å². The van der Waals surface area contributed by atoms with Gasteiger partial charge < -0.3 is 9.32 Å². The molecule has 0 bridgehead atoms. The highest BCUT2D eigenvalue weighted by Gasteiger charge is 2.35. The van der Waals surface area contributed by atoms with E-state index < -0.39 is 0 Å². The van der Waals surface area contributed by atoms with Crippen molar-refractivity contribution in [1.82, 2.24) is 0 Å². The lowest BCUT2D eigenvalue weighted by molar-refractivity contribution is 0.660.